The molecule has 98 valence electrons. The molecule has 0 unspecified atom stereocenters. The van der Waals surface area contributed by atoms with E-state index >= 15 is 0 Å². The average Bonchev–Trinajstić information content (AvgIpc) is 2.22. The summed E-state index contributed by atoms with van der Waals surface area (Å²) in [7, 11) is 0. The van der Waals surface area contributed by atoms with Crippen LogP contribution < -0.4 is 16.0 Å². The Bertz CT molecular complexity index is 443. The number of amides is 2. The number of carbonyl (C=O) groups excluding carboxylic acids is 1. The Morgan fingerprint density at radius 3 is 2.44 bits per heavy atom. The van der Waals surface area contributed by atoms with Crippen LogP contribution in [0.15, 0.2) is 18.2 Å². The number of urea groups is 1. The summed E-state index contributed by atoms with van der Waals surface area (Å²) < 4.78 is 0. The van der Waals surface area contributed by atoms with Gasteiger partial charge in [0.05, 0.1) is 6.54 Å². The topological polar surface area (TPSA) is 73.4 Å². The number of anilines is 1. The summed E-state index contributed by atoms with van der Waals surface area (Å²) in [4.78, 5) is 11.6. The molecule has 0 aromatic heterocycles. The van der Waals surface area contributed by atoms with Crippen LogP contribution in [-0.4, -0.2) is 36.4 Å². The highest BCUT2D eigenvalue weighted by Crippen LogP contribution is 2.22. The third-order valence-corrected chi connectivity index (χ3v) is 3.04. The molecule has 7 heteroatoms. The molecule has 0 saturated carbocycles. The molecule has 1 fully saturated rings. The molecule has 1 heterocycles. The number of β-amino-alcohol motifs (C(OH)–C–C–N with tert-alkyl or cyclic N) is 1. The Morgan fingerprint density at radius 1 is 1.33 bits per heavy atom. The minimum atomic E-state index is -0.844. The maximum absolute atomic E-state index is 11.6. The van der Waals surface area contributed by atoms with E-state index in [1.807, 2.05) is 0 Å². The van der Waals surface area contributed by atoms with Crippen molar-refractivity contribution in [2.24, 2.45) is 0 Å². The van der Waals surface area contributed by atoms with Gasteiger partial charge in [-0.25, -0.2) is 4.79 Å². The molecule has 4 N–H and O–H groups in total. The largest absolute Gasteiger partial charge is 0.385 e. The Kier molecular flexibility index (Phi) is 3.97. The number of hydrogen-bond donors (Lipinski definition) is 4. The van der Waals surface area contributed by atoms with Crippen molar-refractivity contribution in [2.45, 2.75) is 5.60 Å². The van der Waals surface area contributed by atoms with E-state index in [9.17, 15) is 9.90 Å². The van der Waals surface area contributed by atoms with E-state index in [2.05, 4.69) is 16.0 Å². The molecule has 2 amide bonds. The van der Waals surface area contributed by atoms with Gasteiger partial charge in [0, 0.05) is 28.8 Å². The molecule has 2 rings (SSSR count). The van der Waals surface area contributed by atoms with E-state index in [0.717, 1.165) is 0 Å². The highest BCUT2D eigenvalue weighted by atomic mass is 35.5. The summed E-state index contributed by atoms with van der Waals surface area (Å²) >= 11 is 11.6. The summed E-state index contributed by atoms with van der Waals surface area (Å²) in [5.74, 6) is 0. The predicted molar refractivity (Wildman–Crippen MR) is 71.3 cm³/mol. The Hall–Kier alpha value is -1.01. The lowest BCUT2D eigenvalue weighted by Crippen LogP contribution is -2.64. The minimum Gasteiger partial charge on any atom is -0.385 e. The third kappa shape index (κ3) is 3.49. The van der Waals surface area contributed by atoms with E-state index in [0.29, 0.717) is 28.8 Å². The zero-order valence-corrected chi connectivity index (χ0v) is 11.0. The average molecular weight is 290 g/mol. The molecule has 18 heavy (non-hydrogen) atoms. The second-order valence-electron chi connectivity index (χ2n) is 4.29. The molecular formula is C11H13Cl2N3O2. The van der Waals surface area contributed by atoms with Crippen LogP contribution in [0, 0.1) is 0 Å². The van der Waals surface area contributed by atoms with Crippen molar-refractivity contribution in [1.82, 2.24) is 10.6 Å². The molecule has 0 spiro atoms. The molecule has 5 nitrogen and oxygen atoms in total. The lowest BCUT2D eigenvalue weighted by molar-refractivity contribution is -0.00575. The number of hydrogen-bond acceptors (Lipinski definition) is 3. The van der Waals surface area contributed by atoms with Crippen LogP contribution >= 0.6 is 23.2 Å². The summed E-state index contributed by atoms with van der Waals surface area (Å²) in [5, 5.41) is 18.8. The fourth-order valence-corrected chi connectivity index (χ4v) is 2.11. The molecule has 1 aliphatic heterocycles. The second-order valence-corrected chi connectivity index (χ2v) is 5.17. The SMILES string of the molecule is O=C(NCC1(O)CNC1)Nc1cc(Cl)cc(Cl)c1. The third-order valence-electron chi connectivity index (χ3n) is 2.61. The normalized spacial score (nSPS) is 16.8. The van der Waals surface area contributed by atoms with Gasteiger partial charge in [0.2, 0.25) is 0 Å². The minimum absolute atomic E-state index is 0.195. The van der Waals surface area contributed by atoms with Crippen molar-refractivity contribution in [1.29, 1.82) is 0 Å². The van der Waals surface area contributed by atoms with Gasteiger partial charge in [0.1, 0.15) is 5.60 Å². The van der Waals surface area contributed by atoms with Crippen molar-refractivity contribution in [2.75, 3.05) is 25.0 Å². The number of rotatable bonds is 3. The van der Waals surface area contributed by atoms with Gasteiger partial charge in [-0.1, -0.05) is 23.2 Å². The standard InChI is InChI=1S/C11H13Cl2N3O2/c12-7-1-8(13)3-9(2-7)16-10(17)15-6-11(18)4-14-5-11/h1-3,14,18H,4-6H2,(H2,15,16,17). The van der Waals surface area contributed by atoms with Crippen LogP contribution in [0.2, 0.25) is 10.0 Å². The van der Waals surface area contributed by atoms with Gasteiger partial charge < -0.3 is 21.1 Å². The smallest absolute Gasteiger partial charge is 0.319 e. The second kappa shape index (κ2) is 5.32. The number of nitrogens with one attached hydrogen (secondary N) is 3. The van der Waals surface area contributed by atoms with Gasteiger partial charge in [-0.05, 0) is 18.2 Å². The molecule has 1 aromatic rings. The van der Waals surface area contributed by atoms with Crippen molar-refractivity contribution < 1.29 is 9.90 Å². The molecular weight excluding hydrogens is 277 g/mol. The summed E-state index contributed by atoms with van der Waals surface area (Å²) in [6.07, 6.45) is 0. The lowest BCUT2D eigenvalue weighted by atomic mass is 9.98. The Labute approximate surface area is 114 Å². The van der Waals surface area contributed by atoms with Crippen molar-refractivity contribution in [3.63, 3.8) is 0 Å². The van der Waals surface area contributed by atoms with Crippen LogP contribution in [0.5, 0.6) is 0 Å². The van der Waals surface area contributed by atoms with Crippen LogP contribution in [0.25, 0.3) is 0 Å². The first kappa shape index (κ1) is 13.4. The van der Waals surface area contributed by atoms with Crippen molar-refractivity contribution in [3.8, 4) is 0 Å². The van der Waals surface area contributed by atoms with Crippen LogP contribution in [-0.2, 0) is 0 Å². The quantitative estimate of drug-likeness (QED) is 0.681. The number of aliphatic hydroxyl groups is 1. The molecule has 0 atom stereocenters. The molecule has 1 aromatic carbocycles. The van der Waals surface area contributed by atoms with Gasteiger partial charge in [-0.15, -0.1) is 0 Å². The maximum atomic E-state index is 11.6. The molecule has 0 bridgehead atoms. The van der Waals surface area contributed by atoms with E-state index in [-0.39, 0.29) is 6.54 Å². The summed E-state index contributed by atoms with van der Waals surface area (Å²) in [5.41, 5.74) is -0.340. The maximum Gasteiger partial charge on any atom is 0.319 e. The summed E-state index contributed by atoms with van der Waals surface area (Å²) in [6, 6.07) is 4.35. The first-order valence-electron chi connectivity index (χ1n) is 5.41. The van der Waals surface area contributed by atoms with Gasteiger partial charge >= 0.3 is 6.03 Å². The number of benzene rings is 1. The number of carbonyl (C=O) groups is 1. The van der Waals surface area contributed by atoms with Gasteiger partial charge in [0.15, 0.2) is 0 Å². The monoisotopic (exact) mass is 289 g/mol. The van der Waals surface area contributed by atoms with E-state index < -0.39 is 11.6 Å². The molecule has 0 aliphatic carbocycles. The van der Waals surface area contributed by atoms with Crippen LogP contribution in [0.1, 0.15) is 0 Å². The zero-order chi connectivity index (χ0) is 13.2. The highest BCUT2D eigenvalue weighted by molar-refractivity contribution is 6.35. The highest BCUT2D eigenvalue weighted by Gasteiger charge is 2.34. The van der Waals surface area contributed by atoms with Gasteiger partial charge in [-0.3, -0.25) is 0 Å². The first-order valence-corrected chi connectivity index (χ1v) is 6.16. The van der Waals surface area contributed by atoms with E-state index in [1.165, 1.54) is 0 Å². The lowest BCUT2D eigenvalue weighted by Gasteiger charge is -2.37. The van der Waals surface area contributed by atoms with Crippen LogP contribution in [0.3, 0.4) is 0 Å². The first-order chi connectivity index (χ1) is 8.47. The fraction of sp³-hybridized carbons (Fsp3) is 0.364. The van der Waals surface area contributed by atoms with Crippen molar-refractivity contribution >= 4 is 34.9 Å². The fourth-order valence-electron chi connectivity index (χ4n) is 1.58. The predicted octanol–water partition coefficient (Wildman–Crippen LogP) is 1.45. The summed E-state index contributed by atoms with van der Waals surface area (Å²) in [6.45, 7) is 1.16. The molecule has 1 saturated heterocycles. The van der Waals surface area contributed by atoms with Gasteiger partial charge in [-0.2, -0.15) is 0 Å². The number of halogens is 2. The van der Waals surface area contributed by atoms with Crippen molar-refractivity contribution in [3.05, 3.63) is 28.2 Å². The van der Waals surface area contributed by atoms with Gasteiger partial charge in [0.25, 0.3) is 0 Å². The Morgan fingerprint density at radius 2 is 1.94 bits per heavy atom. The van der Waals surface area contributed by atoms with E-state index in [1.54, 1.807) is 18.2 Å². The zero-order valence-electron chi connectivity index (χ0n) is 9.46. The molecule has 0 radical (unpaired) electrons. The molecule has 1 aliphatic rings. The Balaban J connectivity index is 1.86. The van der Waals surface area contributed by atoms with Crippen LogP contribution in [0.4, 0.5) is 10.5 Å². The van der Waals surface area contributed by atoms with E-state index in [4.69, 9.17) is 23.2 Å².